The fourth-order valence-electron chi connectivity index (χ4n) is 0.768. The summed E-state index contributed by atoms with van der Waals surface area (Å²) in [5.41, 5.74) is 0.795. The molecule has 0 amide bonds. The Morgan fingerprint density at radius 2 is 2.46 bits per heavy atom. The van der Waals surface area contributed by atoms with Gasteiger partial charge in [0, 0.05) is 0 Å². The summed E-state index contributed by atoms with van der Waals surface area (Å²) in [4.78, 5) is 0. The first-order chi connectivity index (χ1) is 6.36. The van der Waals surface area contributed by atoms with Crippen molar-refractivity contribution in [3.63, 3.8) is 0 Å². The normalized spacial score (nSPS) is 10.2. The summed E-state index contributed by atoms with van der Waals surface area (Å²) < 4.78 is 7.75. The first kappa shape index (κ1) is 8.39. The van der Waals surface area contributed by atoms with Gasteiger partial charge in [-0.25, -0.2) is 0 Å². The molecule has 0 bridgehead atoms. The lowest BCUT2D eigenvalue weighted by molar-refractivity contribution is 0.910. The lowest BCUT2D eigenvalue weighted by atomic mass is 10.5. The number of hydrogen-bond donors (Lipinski definition) is 2. The molecule has 0 fully saturated rings. The van der Waals surface area contributed by atoms with Crippen LogP contribution in [0.3, 0.4) is 0 Å². The van der Waals surface area contributed by atoms with E-state index in [0.717, 1.165) is 17.4 Å². The minimum atomic E-state index is 0.383. The molecule has 0 unspecified atom stereocenters. The summed E-state index contributed by atoms with van der Waals surface area (Å²) in [5, 5.41) is 13.4. The summed E-state index contributed by atoms with van der Waals surface area (Å²) in [6, 6.07) is 0. The average molecular weight is 217 g/mol. The third kappa shape index (κ3) is 1.93. The third-order valence-corrected chi connectivity index (χ3v) is 2.24. The Balaban J connectivity index is 1.97. The molecule has 0 aliphatic heterocycles. The number of anilines is 1. The van der Waals surface area contributed by atoms with Crippen molar-refractivity contribution in [3.8, 4) is 0 Å². The molecule has 0 radical (unpaired) electrons. The van der Waals surface area contributed by atoms with E-state index < -0.39 is 0 Å². The Labute approximate surface area is 82.7 Å². The Kier molecular flexibility index (Phi) is 2.37. The van der Waals surface area contributed by atoms with Crippen molar-refractivity contribution in [2.75, 3.05) is 5.32 Å². The van der Waals surface area contributed by atoms with Gasteiger partial charge in [-0.1, -0.05) is 11.6 Å². The van der Waals surface area contributed by atoms with Crippen LogP contribution in [0.2, 0.25) is 5.15 Å². The fourth-order valence-corrected chi connectivity index (χ4v) is 1.45. The fraction of sp³-hybridized carbons (Fsp3) is 0.200. The predicted octanol–water partition coefficient (Wildman–Crippen LogP) is 0.922. The SMILES string of the molecule is Clc1nsnc1NCc1cn[nH]n1. The van der Waals surface area contributed by atoms with Crippen molar-refractivity contribution >= 4 is 29.1 Å². The van der Waals surface area contributed by atoms with Crippen LogP contribution in [0.1, 0.15) is 5.69 Å². The van der Waals surface area contributed by atoms with E-state index in [4.69, 9.17) is 11.6 Å². The zero-order chi connectivity index (χ0) is 9.10. The molecule has 8 heteroatoms. The van der Waals surface area contributed by atoms with Crippen LogP contribution in [0.25, 0.3) is 0 Å². The molecule has 0 saturated carbocycles. The van der Waals surface area contributed by atoms with E-state index in [-0.39, 0.29) is 0 Å². The van der Waals surface area contributed by atoms with E-state index in [1.54, 1.807) is 6.20 Å². The number of H-pyrrole nitrogens is 1. The monoisotopic (exact) mass is 216 g/mol. The van der Waals surface area contributed by atoms with Gasteiger partial charge in [0.2, 0.25) is 0 Å². The molecule has 0 aliphatic carbocycles. The van der Waals surface area contributed by atoms with Crippen LogP contribution in [-0.4, -0.2) is 24.2 Å². The van der Waals surface area contributed by atoms with Crippen LogP contribution < -0.4 is 5.32 Å². The van der Waals surface area contributed by atoms with Crippen LogP contribution in [0, 0.1) is 0 Å². The van der Waals surface area contributed by atoms with E-state index >= 15 is 0 Å². The molecule has 6 nitrogen and oxygen atoms in total. The first-order valence-corrected chi connectivity index (χ1v) is 4.53. The van der Waals surface area contributed by atoms with Crippen LogP contribution >= 0.6 is 23.3 Å². The molecular formula is C5H5ClN6S. The van der Waals surface area contributed by atoms with Gasteiger partial charge in [0.15, 0.2) is 11.0 Å². The molecule has 0 spiro atoms. The average Bonchev–Trinajstić information content (AvgIpc) is 2.72. The molecule has 13 heavy (non-hydrogen) atoms. The van der Waals surface area contributed by atoms with Crippen LogP contribution in [0.15, 0.2) is 6.20 Å². The lowest BCUT2D eigenvalue weighted by Crippen LogP contribution is -2.00. The Hall–Kier alpha value is -1.21. The van der Waals surface area contributed by atoms with Gasteiger partial charge >= 0.3 is 0 Å². The molecule has 2 aromatic heterocycles. The summed E-state index contributed by atoms with van der Waals surface area (Å²) in [5.74, 6) is 0.578. The van der Waals surface area contributed by atoms with Crippen molar-refractivity contribution in [1.82, 2.24) is 24.2 Å². The second kappa shape index (κ2) is 3.67. The molecule has 2 N–H and O–H groups in total. The largest absolute Gasteiger partial charge is 0.361 e. The molecular weight excluding hydrogens is 212 g/mol. The maximum atomic E-state index is 5.71. The zero-order valence-electron chi connectivity index (χ0n) is 6.36. The Morgan fingerprint density at radius 1 is 1.54 bits per heavy atom. The minimum Gasteiger partial charge on any atom is -0.361 e. The smallest absolute Gasteiger partial charge is 0.186 e. The number of nitrogens with one attached hydrogen (secondary N) is 2. The van der Waals surface area contributed by atoms with Crippen molar-refractivity contribution in [3.05, 3.63) is 17.0 Å². The van der Waals surface area contributed by atoms with E-state index in [9.17, 15) is 0 Å². The Bertz CT molecular complexity index is 370. The second-order valence-electron chi connectivity index (χ2n) is 2.22. The molecule has 68 valence electrons. The molecule has 2 aromatic rings. The highest BCUT2D eigenvalue weighted by Crippen LogP contribution is 2.17. The number of nitrogens with zero attached hydrogens (tertiary/aromatic N) is 4. The highest BCUT2D eigenvalue weighted by Gasteiger charge is 2.04. The van der Waals surface area contributed by atoms with Crippen molar-refractivity contribution in [2.24, 2.45) is 0 Å². The lowest BCUT2D eigenvalue weighted by Gasteiger charge is -1.97. The van der Waals surface area contributed by atoms with E-state index in [2.05, 4.69) is 29.5 Å². The number of hydrogen-bond acceptors (Lipinski definition) is 6. The summed E-state index contributed by atoms with van der Waals surface area (Å²) in [7, 11) is 0. The zero-order valence-corrected chi connectivity index (χ0v) is 7.93. The van der Waals surface area contributed by atoms with E-state index in [1.165, 1.54) is 0 Å². The van der Waals surface area contributed by atoms with Crippen LogP contribution in [0.5, 0.6) is 0 Å². The highest BCUT2D eigenvalue weighted by atomic mass is 35.5. The van der Waals surface area contributed by atoms with Crippen LogP contribution in [-0.2, 0) is 6.54 Å². The highest BCUT2D eigenvalue weighted by molar-refractivity contribution is 6.99. The number of aromatic nitrogens is 5. The number of aromatic amines is 1. The van der Waals surface area contributed by atoms with Gasteiger partial charge < -0.3 is 5.32 Å². The van der Waals surface area contributed by atoms with Gasteiger partial charge in [0.05, 0.1) is 24.5 Å². The number of rotatable bonds is 3. The summed E-state index contributed by atoms with van der Waals surface area (Å²) >= 11 is 6.78. The summed E-state index contributed by atoms with van der Waals surface area (Å²) in [6.07, 6.45) is 1.63. The third-order valence-electron chi connectivity index (χ3n) is 1.35. The van der Waals surface area contributed by atoms with Crippen molar-refractivity contribution in [2.45, 2.75) is 6.54 Å². The van der Waals surface area contributed by atoms with Gasteiger partial charge in [0.1, 0.15) is 5.69 Å². The van der Waals surface area contributed by atoms with Crippen molar-refractivity contribution < 1.29 is 0 Å². The van der Waals surface area contributed by atoms with Gasteiger partial charge in [-0.3, -0.25) is 0 Å². The van der Waals surface area contributed by atoms with E-state index in [1.807, 2.05) is 0 Å². The Morgan fingerprint density at radius 3 is 3.08 bits per heavy atom. The molecule has 0 atom stereocenters. The van der Waals surface area contributed by atoms with E-state index in [0.29, 0.717) is 17.5 Å². The van der Waals surface area contributed by atoms with Crippen molar-refractivity contribution in [1.29, 1.82) is 0 Å². The summed E-state index contributed by atoms with van der Waals surface area (Å²) in [6.45, 7) is 0.529. The molecule has 2 heterocycles. The quantitative estimate of drug-likeness (QED) is 0.798. The molecule has 0 aromatic carbocycles. The van der Waals surface area contributed by atoms with Gasteiger partial charge in [0.25, 0.3) is 0 Å². The second-order valence-corrected chi connectivity index (χ2v) is 3.10. The number of halogens is 1. The maximum absolute atomic E-state index is 5.71. The topological polar surface area (TPSA) is 79.4 Å². The first-order valence-electron chi connectivity index (χ1n) is 3.43. The molecule has 0 aliphatic rings. The van der Waals surface area contributed by atoms with Gasteiger partial charge in [-0.05, 0) is 0 Å². The molecule has 0 saturated heterocycles. The standard InChI is InChI=1S/C5H5ClN6S/c6-4-5(11-13-10-4)7-1-3-2-8-12-9-3/h2H,1H2,(H,7,11)(H,8,9,12). The van der Waals surface area contributed by atoms with Gasteiger partial charge in [-0.15, -0.1) is 0 Å². The minimum absolute atomic E-state index is 0.383. The maximum Gasteiger partial charge on any atom is 0.186 e. The molecule has 2 rings (SSSR count). The predicted molar refractivity (Wildman–Crippen MR) is 48.6 cm³/mol. The van der Waals surface area contributed by atoms with Crippen LogP contribution in [0.4, 0.5) is 5.82 Å². The van der Waals surface area contributed by atoms with Gasteiger partial charge in [-0.2, -0.15) is 24.2 Å².